The summed E-state index contributed by atoms with van der Waals surface area (Å²) in [6.07, 6.45) is 5.21. The molecule has 0 radical (unpaired) electrons. The Morgan fingerprint density at radius 2 is 2.25 bits per heavy atom. The molecule has 0 aromatic rings. The van der Waals surface area contributed by atoms with E-state index in [4.69, 9.17) is 0 Å². The lowest BCUT2D eigenvalue weighted by atomic mass is 9.59. The Morgan fingerprint density at radius 3 is 3.08 bits per heavy atom. The molecule has 4 saturated carbocycles. The van der Waals surface area contributed by atoms with Crippen molar-refractivity contribution >= 4 is 5.78 Å². The van der Waals surface area contributed by atoms with Crippen molar-refractivity contribution in [3.8, 4) is 0 Å². The molecule has 1 spiro atoms. The van der Waals surface area contributed by atoms with E-state index in [0.29, 0.717) is 28.4 Å². The highest BCUT2D eigenvalue weighted by atomic mass is 16.1. The molecule has 0 aromatic heterocycles. The summed E-state index contributed by atoms with van der Waals surface area (Å²) >= 11 is 0. The van der Waals surface area contributed by atoms with Gasteiger partial charge in [-0.1, -0.05) is 6.92 Å². The van der Waals surface area contributed by atoms with Gasteiger partial charge in [-0.15, -0.1) is 0 Å². The summed E-state index contributed by atoms with van der Waals surface area (Å²) in [5.74, 6) is 2.50. The van der Waals surface area contributed by atoms with Gasteiger partial charge in [-0.3, -0.25) is 4.79 Å². The molecule has 4 aliphatic carbocycles. The van der Waals surface area contributed by atoms with Gasteiger partial charge in [-0.25, -0.2) is 0 Å². The maximum absolute atomic E-state index is 11.7. The van der Waals surface area contributed by atoms with Gasteiger partial charge in [0.25, 0.3) is 0 Å². The van der Waals surface area contributed by atoms with E-state index < -0.39 is 0 Å². The van der Waals surface area contributed by atoms with E-state index in [1.165, 1.54) is 25.7 Å². The smallest absolute Gasteiger partial charge is 0.139 e. The van der Waals surface area contributed by atoms with Crippen LogP contribution in [0.4, 0.5) is 0 Å². The molecule has 4 fully saturated rings. The van der Waals surface area contributed by atoms with E-state index in [2.05, 4.69) is 6.92 Å². The molecule has 0 saturated heterocycles. The fourth-order valence-corrected chi connectivity index (χ4v) is 4.88. The molecule has 64 valence electrons. The first kappa shape index (κ1) is 6.17. The second-order valence-electron chi connectivity index (χ2n) is 5.85. The quantitative estimate of drug-likeness (QED) is 0.532. The number of rotatable bonds is 0. The third-order valence-corrected chi connectivity index (χ3v) is 5.57. The monoisotopic (exact) mass is 162 g/mol. The molecule has 12 heavy (non-hydrogen) atoms. The van der Waals surface area contributed by atoms with Crippen molar-refractivity contribution in [1.82, 2.24) is 0 Å². The second-order valence-corrected chi connectivity index (χ2v) is 5.85. The normalized spacial score (nSPS) is 70.4. The van der Waals surface area contributed by atoms with Crippen LogP contribution in [-0.4, -0.2) is 5.78 Å². The maximum Gasteiger partial charge on any atom is 0.139 e. The minimum absolute atomic E-state index is 0.489. The molecule has 4 rings (SSSR count). The molecule has 5 atom stereocenters. The summed E-state index contributed by atoms with van der Waals surface area (Å²) in [5.41, 5.74) is 1.31. The van der Waals surface area contributed by atoms with Crippen LogP contribution in [0.15, 0.2) is 0 Å². The summed E-state index contributed by atoms with van der Waals surface area (Å²) in [6, 6.07) is 0. The molecule has 0 N–H and O–H groups in total. The van der Waals surface area contributed by atoms with Gasteiger partial charge >= 0.3 is 0 Å². The first-order valence-corrected chi connectivity index (χ1v) is 5.20. The van der Waals surface area contributed by atoms with Crippen molar-refractivity contribution in [2.75, 3.05) is 0 Å². The van der Waals surface area contributed by atoms with Crippen LogP contribution >= 0.6 is 0 Å². The molecule has 2 bridgehead atoms. The van der Waals surface area contributed by atoms with Crippen molar-refractivity contribution < 1.29 is 4.79 Å². The van der Waals surface area contributed by atoms with E-state index in [1.807, 2.05) is 0 Å². The van der Waals surface area contributed by atoms with Gasteiger partial charge in [0.1, 0.15) is 5.78 Å². The predicted octanol–water partition coefficient (Wildman–Crippen LogP) is 2.01. The second kappa shape index (κ2) is 1.30. The number of hydrogen-bond donors (Lipinski definition) is 0. The van der Waals surface area contributed by atoms with Gasteiger partial charge in [0.2, 0.25) is 0 Å². The van der Waals surface area contributed by atoms with Crippen LogP contribution in [0.5, 0.6) is 0 Å². The van der Waals surface area contributed by atoms with Crippen molar-refractivity contribution in [1.29, 1.82) is 0 Å². The van der Waals surface area contributed by atoms with Crippen LogP contribution in [0.2, 0.25) is 0 Å². The first-order valence-electron chi connectivity index (χ1n) is 5.20. The maximum atomic E-state index is 11.7. The summed E-state index contributed by atoms with van der Waals surface area (Å²) in [6.45, 7) is 2.42. The van der Waals surface area contributed by atoms with Crippen LogP contribution in [-0.2, 0) is 4.79 Å². The van der Waals surface area contributed by atoms with E-state index >= 15 is 0 Å². The Kier molecular flexibility index (Phi) is 0.670. The third-order valence-electron chi connectivity index (χ3n) is 5.57. The van der Waals surface area contributed by atoms with E-state index in [9.17, 15) is 4.79 Å². The number of carbonyl (C=O) groups excluding carboxylic acids is 1. The molecular weight excluding hydrogens is 148 g/mol. The molecule has 5 unspecified atom stereocenters. The highest BCUT2D eigenvalue weighted by Crippen LogP contribution is 2.86. The highest BCUT2D eigenvalue weighted by Gasteiger charge is 2.81. The van der Waals surface area contributed by atoms with Gasteiger partial charge in [0.05, 0.1) is 0 Å². The van der Waals surface area contributed by atoms with Gasteiger partial charge in [-0.05, 0) is 42.4 Å². The first-order chi connectivity index (χ1) is 5.66. The number of carbonyl (C=O) groups is 1. The van der Waals surface area contributed by atoms with Gasteiger partial charge in [0.15, 0.2) is 0 Å². The molecule has 1 nitrogen and oxygen atoms in total. The van der Waals surface area contributed by atoms with Crippen molar-refractivity contribution in [2.45, 2.75) is 32.6 Å². The van der Waals surface area contributed by atoms with Crippen LogP contribution in [0, 0.1) is 28.6 Å². The molecule has 0 amide bonds. The number of Topliss-reactive ketones (excluding diaryl/α,β-unsaturated/α-hetero) is 1. The molecule has 1 heteroatoms. The van der Waals surface area contributed by atoms with Crippen molar-refractivity contribution in [3.05, 3.63) is 0 Å². The highest BCUT2D eigenvalue weighted by molar-refractivity contribution is 5.89. The molecular formula is C11H14O. The predicted molar refractivity (Wildman–Crippen MR) is 44.5 cm³/mol. The fourth-order valence-electron chi connectivity index (χ4n) is 4.88. The standard InChI is InChI=1S/C11H14O/c1-10-3-6-2-8-7(9(6)12)4-11(8,10)5-10/h6-8H,2-5H2,1H3. The van der Waals surface area contributed by atoms with Crippen molar-refractivity contribution in [3.63, 3.8) is 0 Å². The average Bonchev–Trinajstić information content (AvgIpc) is 2.57. The lowest BCUT2D eigenvalue weighted by Crippen LogP contribution is -2.40. The van der Waals surface area contributed by atoms with Gasteiger partial charge in [-0.2, -0.15) is 0 Å². The minimum Gasteiger partial charge on any atom is -0.299 e. The zero-order chi connectivity index (χ0) is 8.14. The summed E-state index contributed by atoms with van der Waals surface area (Å²) < 4.78 is 0. The Bertz CT molecular complexity index is 308. The van der Waals surface area contributed by atoms with Gasteiger partial charge in [0, 0.05) is 11.8 Å². The van der Waals surface area contributed by atoms with E-state index in [0.717, 1.165) is 5.92 Å². The average molecular weight is 162 g/mol. The SMILES string of the molecule is CC12CC3CC4C(CC41C2)C3=O. The molecule has 4 aliphatic rings. The lowest BCUT2D eigenvalue weighted by Gasteiger charge is -2.44. The van der Waals surface area contributed by atoms with Gasteiger partial charge < -0.3 is 0 Å². The summed E-state index contributed by atoms with van der Waals surface area (Å²) in [4.78, 5) is 11.7. The Labute approximate surface area is 72.5 Å². The van der Waals surface area contributed by atoms with E-state index in [1.54, 1.807) is 0 Å². The largest absolute Gasteiger partial charge is 0.299 e. The minimum atomic E-state index is 0.489. The fraction of sp³-hybridized carbons (Fsp3) is 0.909. The van der Waals surface area contributed by atoms with Crippen LogP contribution < -0.4 is 0 Å². The summed E-state index contributed by atoms with van der Waals surface area (Å²) in [7, 11) is 0. The topological polar surface area (TPSA) is 17.1 Å². The van der Waals surface area contributed by atoms with Crippen LogP contribution in [0.25, 0.3) is 0 Å². The number of hydrogen-bond acceptors (Lipinski definition) is 1. The van der Waals surface area contributed by atoms with Crippen LogP contribution in [0.1, 0.15) is 32.6 Å². The van der Waals surface area contributed by atoms with Crippen LogP contribution in [0.3, 0.4) is 0 Å². The number of ketones is 1. The molecule has 0 heterocycles. The number of fused-ring (bicyclic) bond motifs is 1. The molecule has 0 aromatic carbocycles. The Balaban J connectivity index is 1.90. The zero-order valence-corrected chi connectivity index (χ0v) is 7.47. The summed E-state index contributed by atoms with van der Waals surface area (Å²) in [5, 5.41) is 0. The third kappa shape index (κ3) is 0.364. The Hall–Kier alpha value is -0.330. The lowest BCUT2D eigenvalue weighted by molar-refractivity contribution is -0.127. The van der Waals surface area contributed by atoms with Crippen molar-refractivity contribution in [2.24, 2.45) is 28.6 Å². The Morgan fingerprint density at radius 1 is 1.42 bits per heavy atom. The zero-order valence-electron chi connectivity index (χ0n) is 7.47. The van der Waals surface area contributed by atoms with E-state index in [-0.39, 0.29) is 0 Å². The molecule has 0 aliphatic heterocycles.